The number of nitrogens with one attached hydrogen (secondary N) is 1. The average molecular weight is 252 g/mol. The first-order chi connectivity index (χ1) is 9.29. The number of carbonyl (C=O) groups is 1. The highest BCUT2D eigenvalue weighted by Crippen LogP contribution is 2.54. The largest absolute Gasteiger partial charge is 0.290 e. The van der Waals surface area contributed by atoms with Crippen LogP contribution in [0.4, 0.5) is 0 Å². The Bertz CT molecular complexity index is 577. The lowest BCUT2D eigenvalue weighted by molar-refractivity contribution is 0.0953. The molecule has 0 aromatic heterocycles. The van der Waals surface area contributed by atoms with Gasteiger partial charge in [0, 0.05) is 5.56 Å². The Morgan fingerprint density at radius 3 is 2.11 bits per heavy atom. The van der Waals surface area contributed by atoms with Crippen molar-refractivity contribution < 1.29 is 4.79 Å². The molecule has 0 heterocycles. The number of nitrogens with two attached hydrogens (primary N) is 1. The third kappa shape index (κ3) is 2.37. The fourth-order valence-corrected chi connectivity index (χ4v) is 2.60. The van der Waals surface area contributed by atoms with Gasteiger partial charge in [-0.05, 0) is 41.5 Å². The van der Waals surface area contributed by atoms with Gasteiger partial charge in [0.1, 0.15) is 0 Å². The lowest BCUT2D eigenvalue weighted by atomic mass is 10.0. The van der Waals surface area contributed by atoms with E-state index in [4.69, 9.17) is 5.84 Å². The van der Waals surface area contributed by atoms with Crippen LogP contribution in [0.15, 0.2) is 54.6 Å². The third-order valence-corrected chi connectivity index (χ3v) is 3.75. The molecule has 0 spiro atoms. The molecule has 3 N–H and O–H groups in total. The second-order valence-corrected chi connectivity index (χ2v) is 4.95. The van der Waals surface area contributed by atoms with Crippen molar-refractivity contribution in [1.82, 2.24) is 5.43 Å². The summed E-state index contributed by atoms with van der Waals surface area (Å²) in [6.45, 7) is 0. The zero-order valence-corrected chi connectivity index (χ0v) is 10.5. The van der Waals surface area contributed by atoms with E-state index in [1.807, 2.05) is 30.3 Å². The van der Waals surface area contributed by atoms with Gasteiger partial charge < -0.3 is 0 Å². The topological polar surface area (TPSA) is 55.1 Å². The quantitative estimate of drug-likeness (QED) is 0.501. The van der Waals surface area contributed by atoms with Gasteiger partial charge in [0.25, 0.3) is 5.91 Å². The predicted octanol–water partition coefficient (Wildman–Crippen LogP) is 2.56. The van der Waals surface area contributed by atoms with Gasteiger partial charge in [-0.2, -0.15) is 0 Å². The summed E-state index contributed by atoms with van der Waals surface area (Å²) < 4.78 is 0. The Balaban J connectivity index is 1.74. The lowest BCUT2D eigenvalue weighted by Gasteiger charge is -2.03. The molecule has 2 atom stereocenters. The highest BCUT2D eigenvalue weighted by Gasteiger charge is 2.39. The number of hydrogen-bond donors (Lipinski definition) is 2. The van der Waals surface area contributed by atoms with Crippen molar-refractivity contribution in [3.8, 4) is 0 Å². The molecule has 0 bridgehead atoms. The van der Waals surface area contributed by atoms with Crippen LogP contribution >= 0.6 is 0 Å². The van der Waals surface area contributed by atoms with E-state index in [0.29, 0.717) is 17.4 Å². The average Bonchev–Trinajstić information content (AvgIpc) is 3.28. The van der Waals surface area contributed by atoms with E-state index in [1.54, 1.807) is 0 Å². The first-order valence-electron chi connectivity index (χ1n) is 6.45. The van der Waals surface area contributed by atoms with E-state index >= 15 is 0 Å². The van der Waals surface area contributed by atoms with Gasteiger partial charge in [-0.25, -0.2) is 5.84 Å². The van der Waals surface area contributed by atoms with Gasteiger partial charge in [-0.3, -0.25) is 10.2 Å². The molecule has 3 nitrogen and oxygen atoms in total. The van der Waals surface area contributed by atoms with Crippen LogP contribution in [0.5, 0.6) is 0 Å². The van der Waals surface area contributed by atoms with Gasteiger partial charge in [0.2, 0.25) is 0 Å². The summed E-state index contributed by atoms with van der Waals surface area (Å²) in [5.41, 5.74) is 5.43. The number of amides is 1. The van der Waals surface area contributed by atoms with Crippen molar-refractivity contribution in [3.63, 3.8) is 0 Å². The number of rotatable bonds is 3. The summed E-state index contributed by atoms with van der Waals surface area (Å²) in [5.74, 6) is 6.07. The Labute approximate surface area is 112 Å². The van der Waals surface area contributed by atoms with Gasteiger partial charge in [0.15, 0.2) is 0 Å². The second kappa shape index (κ2) is 4.86. The van der Waals surface area contributed by atoms with Crippen LogP contribution in [0.3, 0.4) is 0 Å². The van der Waals surface area contributed by atoms with Crippen molar-refractivity contribution in [2.24, 2.45) is 5.84 Å². The van der Waals surface area contributed by atoms with E-state index in [2.05, 4.69) is 29.7 Å². The maximum absolute atomic E-state index is 11.4. The summed E-state index contributed by atoms with van der Waals surface area (Å²) in [7, 11) is 0. The van der Waals surface area contributed by atoms with Crippen LogP contribution < -0.4 is 11.3 Å². The minimum absolute atomic E-state index is 0.248. The standard InChI is InChI=1S/C16H16N2O/c17-18-16(19)13-8-6-12(7-9-13)15-10-14(15)11-4-2-1-3-5-11/h1-9,14-15H,10,17H2,(H,18,19)/t14-,15-/m0/s1. The van der Waals surface area contributed by atoms with E-state index in [0.717, 1.165) is 0 Å². The van der Waals surface area contributed by atoms with Gasteiger partial charge >= 0.3 is 0 Å². The SMILES string of the molecule is NNC(=O)c1ccc([C@@H]2C[C@H]2c2ccccc2)cc1. The molecule has 1 aliphatic rings. The van der Waals surface area contributed by atoms with Crippen molar-refractivity contribution in [3.05, 3.63) is 71.3 Å². The molecule has 0 saturated heterocycles. The van der Waals surface area contributed by atoms with E-state index in [-0.39, 0.29) is 5.91 Å². The number of benzene rings is 2. The highest BCUT2D eigenvalue weighted by molar-refractivity contribution is 5.93. The van der Waals surface area contributed by atoms with Gasteiger partial charge in [-0.1, -0.05) is 42.5 Å². The number of carbonyl (C=O) groups excluding carboxylic acids is 1. The van der Waals surface area contributed by atoms with Gasteiger partial charge in [0.05, 0.1) is 0 Å². The Morgan fingerprint density at radius 2 is 1.53 bits per heavy atom. The van der Waals surface area contributed by atoms with Crippen LogP contribution in [0.2, 0.25) is 0 Å². The molecule has 96 valence electrons. The third-order valence-electron chi connectivity index (χ3n) is 3.75. The molecule has 2 aromatic rings. The monoisotopic (exact) mass is 252 g/mol. The molecule has 1 saturated carbocycles. The second-order valence-electron chi connectivity index (χ2n) is 4.95. The maximum Gasteiger partial charge on any atom is 0.265 e. The summed E-state index contributed by atoms with van der Waals surface area (Å²) >= 11 is 0. The van der Waals surface area contributed by atoms with Crippen LogP contribution in [0.25, 0.3) is 0 Å². The van der Waals surface area contributed by atoms with Crippen LogP contribution in [0, 0.1) is 0 Å². The first-order valence-corrected chi connectivity index (χ1v) is 6.45. The molecule has 0 aliphatic heterocycles. The summed E-state index contributed by atoms with van der Waals surface area (Å²) in [6, 6.07) is 18.3. The molecule has 0 radical (unpaired) electrons. The van der Waals surface area contributed by atoms with E-state index in [1.165, 1.54) is 17.5 Å². The first kappa shape index (κ1) is 11.9. The maximum atomic E-state index is 11.4. The van der Waals surface area contributed by atoms with E-state index < -0.39 is 0 Å². The molecule has 1 amide bonds. The Morgan fingerprint density at radius 1 is 0.947 bits per heavy atom. The molecule has 3 heteroatoms. The minimum atomic E-state index is -0.248. The number of nitrogen functional groups attached to an aromatic ring is 1. The smallest absolute Gasteiger partial charge is 0.265 e. The lowest BCUT2D eigenvalue weighted by Crippen LogP contribution is -2.29. The van der Waals surface area contributed by atoms with Gasteiger partial charge in [-0.15, -0.1) is 0 Å². The fraction of sp³-hybridized carbons (Fsp3) is 0.188. The normalized spacial score (nSPS) is 20.9. The van der Waals surface area contributed by atoms with Crippen molar-refractivity contribution >= 4 is 5.91 Å². The zero-order chi connectivity index (χ0) is 13.2. The molecule has 1 aliphatic carbocycles. The molecule has 19 heavy (non-hydrogen) atoms. The number of hydrogen-bond acceptors (Lipinski definition) is 2. The fourth-order valence-electron chi connectivity index (χ4n) is 2.60. The van der Waals surface area contributed by atoms with Crippen LogP contribution in [0.1, 0.15) is 39.7 Å². The molecule has 2 aromatic carbocycles. The van der Waals surface area contributed by atoms with E-state index in [9.17, 15) is 4.79 Å². The van der Waals surface area contributed by atoms with Crippen molar-refractivity contribution in [2.75, 3.05) is 0 Å². The molecular weight excluding hydrogens is 236 g/mol. The molecule has 3 rings (SSSR count). The molecule has 0 unspecified atom stereocenters. The van der Waals surface area contributed by atoms with Crippen molar-refractivity contribution in [1.29, 1.82) is 0 Å². The summed E-state index contributed by atoms with van der Waals surface area (Å²) in [5, 5.41) is 0. The predicted molar refractivity (Wildman–Crippen MR) is 74.6 cm³/mol. The summed E-state index contributed by atoms with van der Waals surface area (Å²) in [4.78, 5) is 11.4. The number of hydrazine groups is 1. The minimum Gasteiger partial charge on any atom is -0.290 e. The van der Waals surface area contributed by atoms with Crippen molar-refractivity contribution in [2.45, 2.75) is 18.3 Å². The van der Waals surface area contributed by atoms with Crippen LogP contribution in [-0.4, -0.2) is 5.91 Å². The van der Waals surface area contributed by atoms with Crippen LogP contribution in [-0.2, 0) is 0 Å². The summed E-state index contributed by atoms with van der Waals surface area (Å²) in [6.07, 6.45) is 1.19. The highest BCUT2D eigenvalue weighted by atomic mass is 16.2. The Hall–Kier alpha value is -2.13. The Kier molecular flexibility index (Phi) is 3.05. The zero-order valence-electron chi connectivity index (χ0n) is 10.5. The molecular formula is C16H16N2O. The molecule has 1 fully saturated rings.